The van der Waals surface area contributed by atoms with Crippen LogP contribution in [0.3, 0.4) is 0 Å². The van der Waals surface area contributed by atoms with Crippen molar-refractivity contribution in [1.82, 2.24) is 23.6 Å². The normalized spacial score (nSPS) is 12.5. The molecule has 0 aliphatic rings. The molecule has 8 heteroatoms. The number of amides is 1. The molecule has 0 N–H and O–H groups in total. The van der Waals surface area contributed by atoms with Gasteiger partial charge in [0.2, 0.25) is 5.91 Å². The molecular formula is C17H27N5O3. The molecule has 0 aliphatic carbocycles. The van der Waals surface area contributed by atoms with Crippen LogP contribution in [0.15, 0.2) is 15.9 Å². The second-order valence-corrected chi connectivity index (χ2v) is 6.56. The standard InChI is InChI=1S/C17H27N5O3/c1-6-8-12(2)19(3)13(23)9-7-10-22-11-18-15-14(22)16(24)21(5)17(25)20(15)4/h11-12H,6-10H2,1-5H3/t12-/m1/s1. The first-order valence-electron chi connectivity index (χ1n) is 8.66. The van der Waals surface area contributed by atoms with Gasteiger partial charge < -0.3 is 9.47 Å². The van der Waals surface area contributed by atoms with Crippen molar-refractivity contribution in [1.29, 1.82) is 0 Å². The van der Waals surface area contributed by atoms with Crippen LogP contribution in [0.5, 0.6) is 0 Å². The summed E-state index contributed by atoms with van der Waals surface area (Å²) in [5.41, 5.74) is -0.00190. The summed E-state index contributed by atoms with van der Waals surface area (Å²) in [7, 11) is 4.88. The minimum atomic E-state index is -0.399. The lowest BCUT2D eigenvalue weighted by molar-refractivity contribution is -0.131. The smallest absolute Gasteiger partial charge is 0.332 e. The van der Waals surface area contributed by atoms with E-state index < -0.39 is 5.69 Å². The van der Waals surface area contributed by atoms with Gasteiger partial charge >= 0.3 is 5.69 Å². The number of nitrogens with zero attached hydrogens (tertiary/aromatic N) is 5. The molecule has 0 saturated heterocycles. The maximum atomic E-state index is 12.4. The second-order valence-electron chi connectivity index (χ2n) is 6.56. The SMILES string of the molecule is CCC[C@@H](C)N(C)C(=O)CCCn1cnc2c1c(=O)n(C)c(=O)n2C. The molecule has 8 nitrogen and oxygen atoms in total. The lowest BCUT2D eigenvalue weighted by Gasteiger charge is -2.24. The van der Waals surface area contributed by atoms with E-state index in [4.69, 9.17) is 0 Å². The van der Waals surface area contributed by atoms with Gasteiger partial charge in [-0.2, -0.15) is 0 Å². The summed E-state index contributed by atoms with van der Waals surface area (Å²) in [5, 5.41) is 0. The predicted octanol–water partition coefficient (Wildman–Crippen LogP) is 0.861. The number of aromatic nitrogens is 4. The summed E-state index contributed by atoms with van der Waals surface area (Å²) in [5.74, 6) is 0.102. The Balaban J connectivity index is 2.11. The summed E-state index contributed by atoms with van der Waals surface area (Å²) in [6.07, 6.45) is 4.61. The van der Waals surface area contributed by atoms with Crippen molar-refractivity contribution in [3.05, 3.63) is 27.2 Å². The Bertz CT molecular complexity index is 877. The van der Waals surface area contributed by atoms with Gasteiger partial charge in [-0.15, -0.1) is 0 Å². The summed E-state index contributed by atoms with van der Waals surface area (Å²) >= 11 is 0. The van der Waals surface area contributed by atoms with Crippen LogP contribution in [0.25, 0.3) is 11.2 Å². The third-order valence-electron chi connectivity index (χ3n) is 4.77. The zero-order valence-electron chi connectivity index (χ0n) is 15.7. The van der Waals surface area contributed by atoms with Crippen molar-refractivity contribution in [3.63, 3.8) is 0 Å². The van der Waals surface area contributed by atoms with E-state index in [0.29, 0.717) is 30.6 Å². The lowest BCUT2D eigenvalue weighted by atomic mass is 10.1. The molecule has 138 valence electrons. The molecule has 1 atom stereocenters. The minimum absolute atomic E-state index is 0.102. The fourth-order valence-corrected chi connectivity index (χ4v) is 3.00. The average molecular weight is 349 g/mol. The fourth-order valence-electron chi connectivity index (χ4n) is 3.00. The third-order valence-corrected chi connectivity index (χ3v) is 4.77. The molecule has 25 heavy (non-hydrogen) atoms. The predicted molar refractivity (Wildman–Crippen MR) is 96.6 cm³/mol. The molecule has 0 saturated carbocycles. The molecule has 0 radical (unpaired) electrons. The van der Waals surface area contributed by atoms with Crippen molar-refractivity contribution in [2.45, 2.75) is 52.1 Å². The van der Waals surface area contributed by atoms with Gasteiger partial charge in [-0.1, -0.05) is 13.3 Å². The molecule has 0 fully saturated rings. The molecule has 2 rings (SSSR count). The van der Waals surface area contributed by atoms with E-state index in [9.17, 15) is 14.4 Å². The van der Waals surface area contributed by atoms with Gasteiger partial charge in [0, 0.05) is 40.2 Å². The van der Waals surface area contributed by atoms with Crippen LogP contribution >= 0.6 is 0 Å². The number of carbonyl (C=O) groups excluding carboxylic acids is 1. The largest absolute Gasteiger partial charge is 0.343 e. The topological polar surface area (TPSA) is 82.1 Å². The highest BCUT2D eigenvalue weighted by Crippen LogP contribution is 2.10. The van der Waals surface area contributed by atoms with Gasteiger partial charge in [-0.3, -0.25) is 18.7 Å². The van der Waals surface area contributed by atoms with Gasteiger partial charge in [0.25, 0.3) is 5.56 Å². The van der Waals surface area contributed by atoms with Crippen LogP contribution in [0.4, 0.5) is 0 Å². The monoisotopic (exact) mass is 349 g/mol. The number of hydrogen-bond acceptors (Lipinski definition) is 4. The molecule has 2 aromatic heterocycles. The van der Waals surface area contributed by atoms with E-state index in [2.05, 4.69) is 18.8 Å². The second kappa shape index (κ2) is 7.67. The highest BCUT2D eigenvalue weighted by molar-refractivity contribution is 5.76. The van der Waals surface area contributed by atoms with Crippen LogP contribution in [-0.4, -0.2) is 42.6 Å². The van der Waals surface area contributed by atoms with Crippen molar-refractivity contribution in [2.24, 2.45) is 14.1 Å². The number of aryl methyl sites for hydroxylation is 2. The van der Waals surface area contributed by atoms with Crippen LogP contribution in [0.2, 0.25) is 0 Å². The number of rotatable bonds is 7. The first-order chi connectivity index (χ1) is 11.8. The molecule has 0 bridgehead atoms. The summed E-state index contributed by atoms with van der Waals surface area (Å²) in [4.78, 5) is 42.5. The van der Waals surface area contributed by atoms with Crippen molar-refractivity contribution >= 4 is 17.1 Å². The maximum absolute atomic E-state index is 12.4. The van der Waals surface area contributed by atoms with E-state index in [1.165, 1.54) is 11.6 Å². The quantitative estimate of drug-likeness (QED) is 0.742. The van der Waals surface area contributed by atoms with Crippen molar-refractivity contribution < 1.29 is 4.79 Å². The minimum Gasteiger partial charge on any atom is -0.343 e. The van der Waals surface area contributed by atoms with E-state index in [1.54, 1.807) is 22.8 Å². The number of imidazole rings is 1. The van der Waals surface area contributed by atoms with Crippen LogP contribution in [0.1, 0.15) is 39.5 Å². The van der Waals surface area contributed by atoms with Crippen LogP contribution < -0.4 is 11.2 Å². The molecule has 0 aliphatic heterocycles. The Morgan fingerprint density at radius 2 is 1.96 bits per heavy atom. The van der Waals surface area contributed by atoms with Crippen molar-refractivity contribution in [2.75, 3.05) is 7.05 Å². The Morgan fingerprint density at radius 3 is 2.60 bits per heavy atom. The zero-order chi connectivity index (χ0) is 18.7. The van der Waals surface area contributed by atoms with Gasteiger partial charge in [-0.25, -0.2) is 9.78 Å². The van der Waals surface area contributed by atoms with Gasteiger partial charge in [0.15, 0.2) is 11.2 Å². The highest BCUT2D eigenvalue weighted by Gasteiger charge is 2.16. The Hall–Kier alpha value is -2.38. The van der Waals surface area contributed by atoms with E-state index >= 15 is 0 Å². The maximum Gasteiger partial charge on any atom is 0.332 e. The Morgan fingerprint density at radius 1 is 1.28 bits per heavy atom. The number of hydrogen-bond donors (Lipinski definition) is 0. The average Bonchev–Trinajstić information content (AvgIpc) is 3.01. The van der Waals surface area contributed by atoms with Gasteiger partial charge in [0.1, 0.15) is 0 Å². The third kappa shape index (κ3) is 3.67. The van der Waals surface area contributed by atoms with E-state index in [0.717, 1.165) is 17.4 Å². The number of fused-ring (bicyclic) bond motifs is 1. The molecule has 1 amide bonds. The van der Waals surface area contributed by atoms with Crippen LogP contribution in [-0.2, 0) is 25.4 Å². The molecule has 0 aromatic carbocycles. The summed E-state index contributed by atoms with van der Waals surface area (Å²) in [6.45, 7) is 4.66. The summed E-state index contributed by atoms with van der Waals surface area (Å²) in [6, 6.07) is 0.230. The molecular weight excluding hydrogens is 322 g/mol. The van der Waals surface area contributed by atoms with Gasteiger partial charge in [-0.05, 0) is 19.8 Å². The molecule has 0 unspecified atom stereocenters. The Labute approximate surface area is 146 Å². The molecule has 0 spiro atoms. The molecule has 2 heterocycles. The van der Waals surface area contributed by atoms with Gasteiger partial charge in [0.05, 0.1) is 6.33 Å². The first-order valence-corrected chi connectivity index (χ1v) is 8.66. The highest BCUT2D eigenvalue weighted by atomic mass is 16.2. The van der Waals surface area contributed by atoms with E-state index in [1.807, 2.05) is 7.05 Å². The first kappa shape index (κ1) is 19.0. The lowest BCUT2D eigenvalue weighted by Crippen LogP contribution is -2.37. The van der Waals surface area contributed by atoms with E-state index in [-0.39, 0.29) is 17.5 Å². The summed E-state index contributed by atoms with van der Waals surface area (Å²) < 4.78 is 4.16. The fraction of sp³-hybridized carbons (Fsp3) is 0.647. The van der Waals surface area contributed by atoms with Crippen molar-refractivity contribution in [3.8, 4) is 0 Å². The van der Waals surface area contributed by atoms with Crippen LogP contribution in [0, 0.1) is 0 Å². The Kier molecular flexibility index (Phi) is 5.81. The molecule has 2 aromatic rings. The zero-order valence-corrected chi connectivity index (χ0v) is 15.7. The number of carbonyl (C=O) groups is 1.